The minimum atomic E-state index is -0.0317. The first-order valence-corrected chi connectivity index (χ1v) is 10.5. The lowest BCUT2D eigenvalue weighted by molar-refractivity contribution is 0.666. The molecule has 128 valence electrons. The van der Waals surface area contributed by atoms with Crippen molar-refractivity contribution in [3.05, 3.63) is 90.5 Å². The predicted molar refractivity (Wildman–Crippen MR) is 109 cm³/mol. The summed E-state index contributed by atoms with van der Waals surface area (Å²) in [5, 5.41) is 0. The summed E-state index contributed by atoms with van der Waals surface area (Å²) < 4.78 is 0. The number of benzene rings is 3. The van der Waals surface area contributed by atoms with Gasteiger partial charge in [-0.2, -0.15) is 0 Å². The van der Waals surface area contributed by atoms with E-state index < -0.39 is 0 Å². The smallest absolute Gasteiger partial charge is 0.0654 e. The second-order valence-electron chi connectivity index (χ2n) is 6.39. The molecule has 3 aromatic carbocycles. The van der Waals surface area contributed by atoms with Crippen molar-refractivity contribution in [2.75, 3.05) is 0 Å². The molecule has 0 nitrogen and oxygen atoms in total. The molecule has 3 aromatic rings. The maximum absolute atomic E-state index is 2.33. The molecule has 0 aliphatic carbocycles. The van der Waals surface area contributed by atoms with Crippen LogP contribution in [0.4, 0.5) is 0 Å². The number of unbranched alkanes of at least 4 members (excludes halogenated alkanes) is 3. The van der Waals surface area contributed by atoms with Crippen molar-refractivity contribution in [1.82, 2.24) is 0 Å². The molecule has 0 aliphatic heterocycles. The maximum Gasteiger partial charge on any atom is 0.166 e. The third kappa shape index (κ3) is 4.99. The lowest BCUT2D eigenvalue weighted by atomic mass is 10.1. The molecule has 3 rings (SSSR count). The fraction of sp³-hybridized carbons (Fsp3) is 0.250. The topological polar surface area (TPSA) is 0 Å². The highest BCUT2D eigenvalue weighted by atomic mass is 32.2. The van der Waals surface area contributed by atoms with Gasteiger partial charge in [0, 0.05) is 0 Å². The van der Waals surface area contributed by atoms with E-state index in [1.54, 1.807) is 0 Å². The van der Waals surface area contributed by atoms with E-state index in [-0.39, 0.29) is 10.9 Å². The van der Waals surface area contributed by atoms with E-state index in [0.29, 0.717) is 0 Å². The summed E-state index contributed by atoms with van der Waals surface area (Å²) in [7, 11) is -0.0317. The Hall–Kier alpha value is -1.99. The van der Waals surface area contributed by atoms with Gasteiger partial charge in [-0.3, -0.25) is 0 Å². The molecular weight excluding hydrogens is 320 g/mol. The summed E-state index contributed by atoms with van der Waals surface area (Å²) in [6, 6.07) is 31.0. The number of aryl methyl sites for hydroxylation is 1. The lowest BCUT2D eigenvalue weighted by Crippen LogP contribution is -2.04. The molecule has 0 N–H and O–H groups in total. The van der Waals surface area contributed by atoms with Crippen LogP contribution in [0.25, 0.3) is 0 Å². The van der Waals surface area contributed by atoms with Gasteiger partial charge in [0.2, 0.25) is 0 Å². The molecule has 0 saturated heterocycles. The molecule has 0 unspecified atom stereocenters. The Morgan fingerprint density at radius 1 is 0.560 bits per heavy atom. The van der Waals surface area contributed by atoms with Crippen molar-refractivity contribution >= 4 is 10.9 Å². The van der Waals surface area contributed by atoms with Crippen LogP contribution in [0.3, 0.4) is 0 Å². The Balaban J connectivity index is 1.82. The monoisotopic (exact) mass is 347 g/mol. The molecule has 25 heavy (non-hydrogen) atoms. The minimum Gasteiger partial charge on any atom is -0.0654 e. The lowest BCUT2D eigenvalue weighted by Gasteiger charge is -2.08. The van der Waals surface area contributed by atoms with Crippen molar-refractivity contribution < 1.29 is 0 Å². The van der Waals surface area contributed by atoms with E-state index in [1.807, 2.05) is 0 Å². The van der Waals surface area contributed by atoms with Crippen LogP contribution in [0, 0.1) is 0 Å². The average molecular weight is 348 g/mol. The van der Waals surface area contributed by atoms with Crippen LogP contribution in [0.2, 0.25) is 0 Å². The fourth-order valence-corrected chi connectivity index (χ4v) is 5.15. The average Bonchev–Trinajstić information content (AvgIpc) is 2.68. The Morgan fingerprint density at radius 2 is 1.08 bits per heavy atom. The van der Waals surface area contributed by atoms with Crippen LogP contribution in [0.15, 0.2) is 99.6 Å². The Morgan fingerprint density at radius 3 is 1.60 bits per heavy atom. The second-order valence-corrected chi connectivity index (χ2v) is 8.41. The molecule has 0 spiro atoms. The first kappa shape index (κ1) is 17.8. The van der Waals surface area contributed by atoms with Crippen LogP contribution in [-0.4, -0.2) is 0 Å². The zero-order chi connectivity index (χ0) is 17.3. The van der Waals surface area contributed by atoms with Crippen molar-refractivity contribution in [2.24, 2.45) is 0 Å². The molecule has 0 amide bonds. The highest BCUT2D eigenvalue weighted by molar-refractivity contribution is 7.97. The van der Waals surface area contributed by atoms with Crippen LogP contribution in [0.1, 0.15) is 38.2 Å². The van der Waals surface area contributed by atoms with Crippen molar-refractivity contribution in [2.45, 2.75) is 53.7 Å². The van der Waals surface area contributed by atoms with Crippen LogP contribution in [-0.2, 0) is 17.3 Å². The van der Waals surface area contributed by atoms with Gasteiger partial charge in [-0.25, -0.2) is 0 Å². The normalized spacial score (nSPS) is 11.0. The summed E-state index contributed by atoms with van der Waals surface area (Å²) in [6.45, 7) is 2.27. The van der Waals surface area contributed by atoms with Crippen molar-refractivity contribution in [3.63, 3.8) is 0 Å². The van der Waals surface area contributed by atoms with E-state index in [9.17, 15) is 0 Å². The standard InChI is InChI=1S/C24H27S/c1-2-3-4-7-12-21-17-19-24(20-18-21)25(22-13-8-5-9-14-22)23-15-10-6-11-16-23/h5-6,8-11,13-20H,2-4,7,12H2,1H3/q+1. The Bertz CT molecular complexity index is 693. The summed E-state index contributed by atoms with van der Waals surface area (Å²) in [6.07, 6.45) is 6.50. The van der Waals surface area contributed by atoms with Gasteiger partial charge >= 0.3 is 0 Å². The molecular formula is C24H27S+. The highest BCUT2D eigenvalue weighted by Crippen LogP contribution is 2.31. The molecule has 0 aromatic heterocycles. The summed E-state index contributed by atoms with van der Waals surface area (Å²) in [4.78, 5) is 4.16. The molecule has 0 bridgehead atoms. The maximum atomic E-state index is 2.33. The van der Waals surface area contributed by atoms with Crippen molar-refractivity contribution in [3.8, 4) is 0 Å². The number of hydrogen-bond donors (Lipinski definition) is 0. The SMILES string of the molecule is CCCCCCc1ccc([S+](c2ccccc2)c2ccccc2)cc1. The first-order chi connectivity index (χ1) is 12.4. The Labute approximate surface area is 155 Å². The van der Waals surface area contributed by atoms with E-state index in [2.05, 4.69) is 91.9 Å². The molecule has 0 aliphatic rings. The van der Waals surface area contributed by atoms with Crippen LogP contribution in [0.5, 0.6) is 0 Å². The first-order valence-electron chi connectivity index (χ1n) is 9.32. The molecule has 0 heterocycles. The summed E-state index contributed by atoms with van der Waals surface area (Å²) in [5.74, 6) is 0. The predicted octanol–water partition coefficient (Wildman–Crippen LogP) is 6.90. The molecule has 0 fully saturated rings. The third-order valence-electron chi connectivity index (χ3n) is 4.44. The largest absolute Gasteiger partial charge is 0.166 e. The minimum absolute atomic E-state index is 0.0317. The van der Waals surface area contributed by atoms with Gasteiger partial charge in [-0.05, 0) is 54.8 Å². The second kappa shape index (κ2) is 9.48. The van der Waals surface area contributed by atoms with Crippen LogP contribution >= 0.6 is 0 Å². The third-order valence-corrected chi connectivity index (χ3v) is 6.67. The molecule has 0 saturated carbocycles. The van der Waals surface area contributed by atoms with Gasteiger partial charge in [0.1, 0.15) is 0 Å². The molecule has 0 atom stereocenters. The van der Waals surface area contributed by atoms with E-state index in [1.165, 1.54) is 52.4 Å². The van der Waals surface area contributed by atoms with Gasteiger partial charge in [0.05, 0.1) is 10.9 Å². The quantitative estimate of drug-likeness (QED) is 0.307. The van der Waals surface area contributed by atoms with Gasteiger partial charge in [-0.15, -0.1) is 0 Å². The van der Waals surface area contributed by atoms with Gasteiger partial charge in [0.25, 0.3) is 0 Å². The van der Waals surface area contributed by atoms with Gasteiger partial charge in [-0.1, -0.05) is 74.7 Å². The summed E-state index contributed by atoms with van der Waals surface area (Å²) >= 11 is 0. The highest BCUT2D eigenvalue weighted by Gasteiger charge is 2.27. The fourth-order valence-electron chi connectivity index (χ4n) is 3.07. The Kier molecular flexibility index (Phi) is 6.76. The zero-order valence-electron chi connectivity index (χ0n) is 15.0. The van der Waals surface area contributed by atoms with E-state index in [4.69, 9.17) is 0 Å². The van der Waals surface area contributed by atoms with Gasteiger partial charge < -0.3 is 0 Å². The van der Waals surface area contributed by atoms with Crippen molar-refractivity contribution in [1.29, 1.82) is 0 Å². The number of hydrogen-bond acceptors (Lipinski definition) is 0. The molecule has 0 radical (unpaired) electrons. The van der Waals surface area contributed by atoms with E-state index in [0.717, 1.165) is 0 Å². The zero-order valence-corrected chi connectivity index (χ0v) is 15.8. The van der Waals surface area contributed by atoms with Crippen LogP contribution < -0.4 is 0 Å². The molecule has 1 heteroatoms. The van der Waals surface area contributed by atoms with Gasteiger partial charge in [0.15, 0.2) is 14.7 Å². The summed E-state index contributed by atoms with van der Waals surface area (Å²) in [5.41, 5.74) is 1.46. The van der Waals surface area contributed by atoms with E-state index >= 15 is 0 Å². The number of rotatable bonds is 8.